The molecule has 2 atom stereocenters. The fourth-order valence-corrected chi connectivity index (χ4v) is 2.34. The topological polar surface area (TPSA) is 78.9 Å². The van der Waals surface area contributed by atoms with Crippen molar-refractivity contribution in [1.29, 1.82) is 0 Å². The molecule has 96 valence electrons. The van der Waals surface area contributed by atoms with Crippen molar-refractivity contribution >= 4 is 11.9 Å². The molecule has 1 amide bonds. The third kappa shape index (κ3) is 2.28. The van der Waals surface area contributed by atoms with E-state index in [-0.39, 0.29) is 24.5 Å². The van der Waals surface area contributed by atoms with Gasteiger partial charge >= 0.3 is 5.97 Å². The van der Waals surface area contributed by atoms with E-state index in [1.165, 1.54) is 0 Å². The summed E-state index contributed by atoms with van der Waals surface area (Å²) in [6.07, 6.45) is 0. The standard InChI is InChI=1S/C11H18N2O4/c1-2-13(10(14)7-3-12-4-7)9-6-17-5-8(9)11(15)16/h7-9,12H,2-6H2,1H3,(H,15,16). The van der Waals surface area contributed by atoms with Gasteiger partial charge < -0.3 is 20.1 Å². The Bertz CT molecular complexity index is 317. The zero-order valence-electron chi connectivity index (χ0n) is 9.89. The van der Waals surface area contributed by atoms with E-state index in [4.69, 9.17) is 9.84 Å². The first-order chi connectivity index (χ1) is 8.15. The summed E-state index contributed by atoms with van der Waals surface area (Å²) < 4.78 is 5.21. The number of nitrogens with zero attached hydrogens (tertiary/aromatic N) is 1. The number of carbonyl (C=O) groups is 2. The van der Waals surface area contributed by atoms with E-state index >= 15 is 0 Å². The Morgan fingerprint density at radius 2 is 2.12 bits per heavy atom. The van der Waals surface area contributed by atoms with Crippen molar-refractivity contribution in [2.45, 2.75) is 13.0 Å². The Balaban J connectivity index is 2.06. The van der Waals surface area contributed by atoms with Gasteiger partial charge in [0.25, 0.3) is 0 Å². The van der Waals surface area contributed by atoms with Gasteiger partial charge in [0, 0.05) is 19.6 Å². The summed E-state index contributed by atoms with van der Waals surface area (Å²) in [6.45, 7) is 4.33. The van der Waals surface area contributed by atoms with Crippen molar-refractivity contribution in [1.82, 2.24) is 10.2 Å². The second kappa shape index (κ2) is 5.01. The summed E-state index contributed by atoms with van der Waals surface area (Å²) in [6, 6.07) is -0.314. The van der Waals surface area contributed by atoms with E-state index in [1.54, 1.807) is 4.90 Å². The molecule has 0 aromatic heterocycles. The summed E-state index contributed by atoms with van der Waals surface area (Å²) in [7, 11) is 0. The van der Waals surface area contributed by atoms with Crippen LogP contribution in [0, 0.1) is 11.8 Å². The number of amides is 1. The quantitative estimate of drug-likeness (QED) is 0.671. The molecule has 2 aliphatic heterocycles. The molecule has 2 N–H and O–H groups in total. The molecule has 0 spiro atoms. The van der Waals surface area contributed by atoms with Crippen molar-refractivity contribution in [2.24, 2.45) is 11.8 Å². The van der Waals surface area contributed by atoms with Gasteiger partial charge in [0.2, 0.25) is 5.91 Å². The maximum Gasteiger partial charge on any atom is 0.311 e. The highest BCUT2D eigenvalue weighted by molar-refractivity contribution is 5.81. The SMILES string of the molecule is CCN(C(=O)C1CNC1)C1COCC1C(=O)O. The summed E-state index contributed by atoms with van der Waals surface area (Å²) >= 11 is 0. The fourth-order valence-electron chi connectivity index (χ4n) is 2.34. The first-order valence-corrected chi connectivity index (χ1v) is 5.97. The van der Waals surface area contributed by atoms with Crippen molar-refractivity contribution < 1.29 is 19.4 Å². The Morgan fingerprint density at radius 3 is 2.59 bits per heavy atom. The number of ether oxygens (including phenoxy) is 1. The van der Waals surface area contributed by atoms with Gasteiger partial charge in [0.15, 0.2) is 0 Å². The smallest absolute Gasteiger partial charge is 0.311 e. The molecule has 2 unspecified atom stereocenters. The Kier molecular flexibility index (Phi) is 3.63. The minimum atomic E-state index is -0.884. The van der Waals surface area contributed by atoms with E-state index in [0.29, 0.717) is 26.2 Å². The molecule has 6 nitrogen and oxygen atoms in total. The lowest BCUT2D eigenvalue weighted by Crippen LogP contribution is -2.56. The van der Waals surface area contributed by atoms with Gasteiger partial charge in [-0.2, -0.15) is 0 Å². The third-order valence-corrected chi connectivity index (χ3v) is 3.52. The highest BCUT2D eigenvalue weighted by Crippen LogP contribution is 2.22. The van der Waals surface area contributed by atoms with Crippen LogP contribution in [-0.4, -0.2) is 60.8 Å². The summed E-state index contributed by atoms with van der Waals surface area (Å²) in [5.74, 6) is -1.42. The zero-order chi connectivity index (χ0) is 12.4. The Labute approximate surface area is 99.9 Å². The molecule has 2 heterocycles. The van der Waals surface area contributed by atoms with Crippen LogP contribution in [0.4, 0.5) is 0 Å². The van der Waals surface area contributed by atoms with Gasteiger partial charge in [-0.15, -0.1) is 0 Å². The lowest BCUT2D eigenvalue weighted by Gasteiger charge is -2.36. The van der Waals surface area contributed by atoms with Crippen LogP contribution < -0.4 is 5.32 Å². The average molecular weight is 242 g/mol. The van der Waals surface area contributed by atoms with Crippen LogP contribution in [-0.2, 0) is 14.3 Å². The number of likely N-dealkylation sites (N-methyl/N-ethyl adjacent to an activating group) is 1. The van der Waals surface area contributed by atoms with Crippen LogP contribution in [0.25, 0.3) is 0 Å². The number of rotatable bonds is 4. The van der Waals surface area contributed by atoms with Gasteiger partial charge in [-0.05, 0) is 6.92 Å². The Morgan fingerprint density at radius 1 is 1.41 bits per heavy atom. The van der Waals surface area contributed by atoms with Gasteiger partial charge in [0.1, 0.15) is 5.92 Å². The lowest BCUT2D eigenvalue weighted by molar-refractivity contribution is -0.146. The molecule has 2 rings (SSSR count). The number of nitrogens with one attached hydrogen (secondary N) is 1. The second-order valence-electron chi connectivity index (χ2n) is 4.53. The van der Waals surface area contributed by atoms with Crippen LogP contribution in [0.1, 0.15) is 6.92 Å². The monoisotopic (exact) mass is 242 g/mol. The molecule has 17 heavy (non-hydrogen) atoms. The fraction of sp³-hybridized carbons (Fsp3) is 0.818. The van der Waals surface area contributed by atoms with Crippen molar-refractivity contribution in [2.75, 3.05) is 32.8 Å². The molecule has 0 saturated carbocycles. The molecular formula is C11H18N2O4. The number of carbonyl (C=O) groups excluding carboxylic acids is 1. The van der Waals surface area contributed by atoms with Gasteiger partial charge in [-0.1, -0.05) is 0 Å². The first kappa shape index (κ1) is 12.3. The third-order valence-electron chi connectivity index (χ3n) is 3.52. The summed E-state index contributed by atoms with van der Waals surface area (Å²) in [4.78, 5) is 24.9. The molecule has 2 saturated heterocycles. The highest BCUT2D eigenvalue weighted by Gasteiger charge is 2.41. The molecule has 0 aromatic carbocycles. The maximum absolute atomic E-state index is 12.1. The zero-order valence-corrected chi connectivity index (χ0v) is 9.89. The van der Waals surface area contributed by atoms with E-state index in [2.05, 4.69) is 5.32 Å². The molecule has 6 heteroatoms. The van der Waals surface area contributed by atoms with Gasteiger partial charge in [-0.3, -0.25) is 9.59 Å². The van der Waals surface area contributed by atoms with Gasteiger partial charge in [0.05, 0.1) is 25.2 Å². The maximum atomic E-state index is 12.1. The molecule has 0 aromatic rings. The van der Waals surface area contributed by atoms with Crippen molar-refractivity contribution in [3.63, 3.8) is 0 Å². The number of hydrogen-bond donors (Lipinski definition) is 2. The van der Waals surface area contributed by atoms with Gasteiger partial charge in [-0.25, -0.2) is 0 Å². The molecule has 0 aliphatic carbocycles. The normalized spacial score (nSPS) is 28.8. The average Bonchev–Trinajstić information content (AvgIpc) is 2.65. The lowest BCUT2D eigenvalue weighted by atomic mass is 9.97. The van der Waals surface area contributed by atoms with E-state index in [1.807, 2.05) is 6.92 Å². The van der Waals surface area contributed by atoms with Crippen LogP contribution in [0.5, 0.6) is 0 Å². The van der Waals surface area contributed by atoms with E-state index in [0.717, 1.165) is 0 Å². The minimum absolute atomic E-state index is 0.00462. The van der Waals surface area contributed by atoms with Crippen LogP contribution in [0.15, 0.2) is 0 Å². The summed E-state index contributed by atoms with van der Waals surface area (Å²) in [5, 5.41) is 12.1. The predicted molar refractivity (Wildman–Crippen MR) is 59.5 cm³/mol. The van der Waals surface area contributed by atoms with Crippen LogP contribution in [0.2, 0.25) is 0 Å². The van der Waals surface area contributed by atoms with Crippen molar-refractivity contribution in [3.8, 4) is 0 Å². The minimum Gasteiger partial charge on any atom is -0.481 e. The molecule has 0 radical (unpaired) electrons. The number of aliphatic carboxylic acids is 1. The highest BCUT2D eigenvalue weighted by atomic mass is 16.5. The van der Waals surface area contributed by atoms with Crippen molar-refractivity contribution in [3.05, 3.63) is 0 Å². The predicted octanol–water partition coefficient (Wildman–Crippen LogP) is -0.846. The first-order valence-electron chi connectivity index (χ1n) is 5.97. The van der Waals surface area contributed by atoms with Crippen LogP contribution >= 0.6 is 0 Å². The summed E-state index contributed by atoms with van der Waals surface area (Å²) in [5.41, 5.74) is 0. The number of carboxylic acids is 1. The molecule has 0 bridgehead atoms. The Hall–Kier alpha value is -1.14. The molecular weight excluding hydrogens is 224 g/mol. The number of carboxylic acid groups (broad SMARTS) is 1. The van der Waals surface area contributed by atoms with E-state index < -0.39 is 11.9 Å². The van der Waals surface area contributed by atoms with E-state index in [9.17, 15) is 9.59 Å². The molecule has 2 fully saturated rings. The largest absolute Gasteiger partial charge is 0.481 e. The number of hydrogen-bond acceptors (Lipinski definition) is 4. The van der Waals surface area contributed by atoms with Crippen LogP contribution in [0.3, 0.4) is 0 Å². The second-order valence-corrected chi connectivity index (χ2v) is 4.53. The molecule has 2 aliphatic rings.